The quantitative estimate of drug-likeness (QED) is 0.823. The van der Waals surface area contributed by atoms with E-state index in [1.807, 2.05) is 26.1 Å². The molecule has 1 unspecified atom stereocenters. The van der Waals surface area contributed by atoms with Crippen LogP contribution in [0.3, 0.4) is 0 Å². The minimum absolute atomic E-state index is 0.253. The minimum atomic E-state index is 0.253. The van der Waals surface area contributed by atoms with Gasteiger partial charge in [0.15, 0.2) is 0 Å². The first-order chi connectivity index (χ1) is 9.22. The number of nitrogens with one attached hydrogen (secondary N) is 1. The number of aryl methyl sites for hydroxylation is 1. The third-order valence-electron chi connectivity index (χ3n) is 2.84. The van der Waals surface area contributed by atoms with Crippen molar-refractivity contribution >= 4 is 11.8 Å². The van der Waals surface area contributed by atoms with Crippen molar-refractivity contribution in [2.24, 2.45) is 0 Å². The SMILES string of the molecule is CNC(CSc1nc(C)co1)c1ccc(OC)cc1. The van der Waals surface area contributed by atoms with Crippen molar-refractivity contribution in [1.82, 2.24) is 10.3 Å². The monoisotopic (exact) mass is 278 g/mol. The second-order valence-electron chi connectivity index (χ2n) is 4.18. The lowest BCUT2D eigenvalue weighted by atomic mass is 10.1. The molecule has 1 atom stereocenters. The van der Waals surface area contributed by atoms with Crippen molar-refractivity contribution in [2.75, 3.05) is 19.9 Å². The summed E-state index contributed by atoms with van der Waals surface area (Å²) in [6, 6.07) is 8.34. The molecule has 102 valence electrons. The molecule has 0 saturated heterocycles. The first-order valence-electron chi connectivity index (χ1n) is 6.09. The molecule has 0 aliphatic rings. The largest absolute Gasteiger partial charge is 0.497 e. The van der Waals surface area contributed by atoms with Crippen molar-refractivity contribution < 1.29 is 9.15 Å². The van der Waals surface area contributed by atoms with E-state index in [1.165, 1.54) is 5.56 Å². The zero-order valence-corrected chi connectivity index (χ0v) is 12.2. The van der Waals surface area contributed by atoms with Gasteiger partial charge in [0.05, 0.1) is 12.8 Å². The summed E-state index contributed by atoms with van der Waals surface area (Å²) >= 11 is 1.61. The van der Waals surface area contributed by atoms with Gasteiger partial charge < -0.3 is 14.5 Å². The van der Waals surface area contributed by atoms with Crippen LogP contribution in [0.4, 0.5) is 0 Å². The van der Waals surface area contributed by atoms with E-state index in [0.29, 0.717) is 5.22 Å². The van der Waals surface area contributed by atoms with Gasteiger partial charge in [-0.05, 0) is 31.7 Å². The lowest BCUT2D eigenvalue weighted by Crippen LogP contribution is -2.18. The molecular formula is C14H18N2O2S. The first kappa shape index (κ1) is 14.0. The zero-order chi connectivity index (χ0) is 13.7. The number of oxazole rings is 1. The molecule has 2 rings (SSSR count). The summed E-state index contributed by atoms with van der Waals surface area (Å²) in [6.45, 7) is 1.92. The van der Waals surface area contributed by atoms with E-state index < -0.39 is 0 Å². The Kier molecular flexibility index (Phi) is 4.87. The summed E-state index contributed by atoms with van der Waals surface area (Å²) in [5.41, 5.74) is 2.13. The smallest absolute Gasteiger partial charge is 0.255 e. The molecule has 1 aromatic carbocycles. The summed E-state index contributed by atoms with van der Waals surface area (Å²) in [4.78, 5) is 4.29. The van der Waals surface area contributed by atoms with Gasteiger partial charge in [-0.2, -0.15) is 0 Å². The summed E-state index contributed by atoms with van der Waals surface area (Å²) < 4.78 is 10.5. The maximum absolute atomic E-state index is 5.34. The van der Waals surface area contributed by atoms with E-state index in [1.54, 1.807) is 25.1 Å². The van der Waals surface area contributed by atoms with E-state index in [0.717, 1.165) is 17.2 Å². The van der Waals surface area contributed by atoms with Crippen LogP contribution >= 0.6 is 11.8 Å². The fraction of sp³-hybridized carbons (Fsp3) is 0.357. The number of rotatable bonds is 6. The summed E-state index contributed by atoms with van der Waals surface area (Å²) in [7, 11) is 3.63. The molecule has 5 heteroatoms. The van der Waals surface area contributed by atoms with Gasteiger partial charge in [-0.25, -0.2) is 4.98 Å². The van der Waals surface area contributed by atoms with Crippen LogP contribution in [0.5, 0.6) is 5.75 Å². The van der Waals surface area contributed by atoms with Gasteiger partial charge in [0.25, 0.3) is 5.22 Å². The number of ether oxygens (including phenoxy) is 1. The molecule has 2 aromatic rings. The Hall–Kier alpha value is -1.46. The van der Waals surface area contributed by atoms with Crippen LogP contribution in [0.1, 0.15) is 17.3 Å². The van der Waals surface area contributed by atoms with Crippen molar-refractivity contribution in [2.45, 2.75) is 18.2 Å². The van der Waals surface area contributed by atoms with Gasteiger partial charge in [-0.3, -0.25) is 0 Å². The topological polar surface area (TPSA) is 47.3 Å². The molecule has 1 heterocycles. The van der Waals surface area contributed by atoms with Crippen molar-refractivity contribution in [3.8, 4) is 5.75 Å². The highest BCUT2D eigenvalue weighted by Crippen LogP contribution is 2.25. The predicted octanol–water partition coefficient (Wildman–Crippen LogP) is 3.04. The van der Waals surface area contributed by atoms with Gasteiger partial charge in [0.2, 0.25) is 0 Å². The van der Waals surface area contributed by atoms with Crippen molar-refractivity contribution in [1.29, 1.82) is 0 Å². The van der Waals surface area contributed by atoms with E-state index in [2.05, 4.69) is 22.4 Å². The molecule has 19 heavy (non-hydrogen) atoms. The average molecular weight is 278 g/mol. The van der Waals surface area contributed by atoms with E-state index in [9.17, 15) is 0 Å². The summed E-state index contributed by atoms with van der Waals surface area (Å²) in [6.07, 6.45) is 1.67. The number of nitrogens with zero attached hydrogens (tertiary/aromatic N) is 1. The van der Waals surface area contributed by atoms with Crippen LogP contribution in [0.25, 0.3) is 0 Å². The fourth-order valence-electron chi connectivity index (χ4n) is 1.74. The second-order valence-corrected chi connectivity index (χ2v) is 5.15. The van der Waals surface area contributed by atoms with Crippen molar-refractivity contribution in [3.05, 3.63) is 41.8 Å². The molecule has 0 aliphatic carbocycles. The molecule has 0 fully saturated rings. The Labute approximate surface area is 117 Å². The molecule has 1 aromatic heterocycles. The average Bonchev–Trinajstić information content (AvgIpc) is 2.86. The summed E-state index contributed by atoms with van der Waals surface area (Å²) in [5, 5.41) is 4.02. The number of benzene rings is 1. The van der Waals surface area contributed by atoms with E-state index in [-0.39, 0.29) is 6.04 Å². The molecule has 0 aliphatic heterocycles. The van der Waals surface area contributed by atoms with Crippen LogP contribution in [0.15, 0.2) is 40.2 Å². The molecule has 0 radical (unpaired) electrons. The maximum Gasteiger partial charge on any atom is 0.255 e. The Morgan fingerprint density at radius 2 is 2.11 bits per heavy atom. The Bertz CT molecular complexity index is 510. The number of methoxy groups -OCH3 is 1. The Morgan fingerprint density at radius 1 is 1.37 bits per heavy atom. The molecule has 1 N–H and O–H groups in total. The molecule has 4 nitrogen and oxygen atoms in total. The highest BCUT2D eigenvalue weighted by Gasteiger charge is 2.12. The third kappa shape index (κ3) is 3.75. The van der Waals surface area contributed by atoms with E-state index in [4.69, 9.17) is 9.15 Å². The standard InChI is InChI=1S/C14H18N2O2S/c1-10-8-18-14(16-10)19-9-13(15-2)11-4-6-12(17-3)7-5-11/h4-8,13,15H,9H2,1-3H3. The van der Waals surface area contributed by atoms with Gasteiger partial charge in [0, 0.05) is 11.8 Å². The lowest BCUT2D eigenvalue weighted by Gasteiger charge is -2.15. The number of hydrogen-bond acceptors (Lipinski definition) is 5. The molecule has 0 spiro atoms. The van der Waals surface area contributed by atoms with Crippen LogP contribution in [-0.4, -0.2) is 24.9 Å². The highest BCUT2D eigenvalue weighted by molar-refractivity contribution is 7.99. The maximum atomic E-state index is 5.34. The zero-order valence-electron chi connectivity index (χ0n) is 11.3. The van der Waals surface area contributed by atoms with Crippen LogP contribution in [0, 0.1) is 6.92 Å². The number of hydrogen-bond donors (Lipinski definition) is 1. The number of aromatic nitrogens is 1. The lowest BCUT2D eigenvalue weighted by molar-refractivity contribution is 0.414. The normalized spacial score (nSPS) is 12.4. The molecule has 0 bridgehead atoms. The van der Waals surface area contributed by atoms with Gasteiger partial charge in [0.1, 0.15) is 12.0 Å². The first-order valence-corrected chi connectivity index (χ1v) is 7.07. The van der Waals surface area contributed by atoms with E-state index >= 15 is 0 Å². The van der Waals surface area contributed by atoms with Gasteiger partial charge in [-0.1, -0.05) is 23.9 Å². The van der Waals surface area contributed by atoms with Crippen LogP contribution < -0.4 is 10.1 Å². The molecule has 0 saturated carbocycles. The third-order valence-corrected chi connectivity index (χ3v) is 3.77. The molecule has 0 amide bonds. The van der Waals surface area contributed by atoms with Crippen molar-refractivity contribution in [3.63, 3.8) is 0 Å². The fourth-order valence-corrected chi connectivity index (χ4v) is 2.73. The second kappa shape index (κ2) is 6.63. The Balaban J connectivity index is 1.98. The van der Waals surface area contributed by atoms with Gasteiger partial charge in [-0.15, -0.1) is 0 Å². The Morgan fingerprint density at radius 3 is 2.63 bits per heavy atom. The predicted molar refractivity (Wildman–Crippen MR) is 76.8 cm³/mol. The van der Waals surface area contributed by atoms with Crippen LogP contribution in [0.2, 0.25) is 0 Å². The van der Waals surface area contributed by atoms with Crippen LogP contribution in [-0.2, 0) is 0 Å². The number of thioether (sulfide) groups is 1. The minimum Gasteiger partial charge on any atom is -0.497 e. The molecular weight excluding hydrogens is 260 g/mol. The summed E-state index contributed by atoms with van der Waals surface area (Å²) in [5.74, 6) is 1.73. The van der Waals surface area contributed by atoms with Gasteiger partial charge >= 0.3 is 0 Å². The highest BCUT2D eigenvalue weighted by atomic mass is 32.2.